The molecule has 0 atom stereocenters. The SMILES string of the molecule is COc1cc(F)ccc1-c1ccncc1N(C)C(=O)c1cc(Br)cc(C(F)(F)F)c1. The van der Waals surface area contributed by atoms with E-state index in [4.69, 9.17) is 4.74 Å². The number of pyridine rings is 1. The zero-order valence-corrected chi connectivity index (χ0v) is 17.4. The number of ether oxygens (including phenoxy) is 1. The Morgan fingerprint density at radius 1 is 1.10 bits per heavy atom. The minimum atomic E-state index is -4.60. The number of methoxy groups -OCH3 is 1. The molecule has 0 aliphatic carbocycles. The van der Waals surface area contributed by atoms with E-state index >= 15 is 0 Å². The molecule has 30 heavy (non-hydrogen) atoms. The summed E-state index contributed by atoms with van der Waals surface area (Å²) in [7, 11) is 2.81. The molecular formula is C21H15BrF4N2O2. The van der Waals surface area contributed by atoms with E-state index in [1.54, 1.807) is 6.07 Å². The van der Waals surface area contributed by atoms with Crippen molar-refractivity contribution in [3.63, 3.8) is 0 Å². The van der Waals surface area contributed by atoms with Crippen molar-refractivity contribution in [1.82, 2.24) is 4.98 Å². The van der Waals surface area contributed by atoms with Crippen LogP contribution in [-0.4, -0.2) is 25.0 Å². The van der Waals surface area contributed by atoms with Crippen LogP contribution in [-0.2, 0) is 6.18 Å². The van der Waals surface area contributed by atoms with Crippen LogP contribution in [0.25, 0.3) is 11.1 Å². The summed E-state index contributed by atoms with van der Waals surface area (Å²) >= 11 is 3.02. The second-order valence-electron chi connectivity index (χ2n) is 6.33. The van der Waals surface area contributed by atoms with Gasteiger partial charge in [0.05, 0.1) is 24.6 Å². The molecule has 1 heterocycles. The minimum Gasteiger partial charge on any atom is -0.496 e. The number of benzene rings is 2. The first-order valence-electron chi connectivity index (χ1n) is 8.55. The lowest BCUT2D eigenvalue weighted by atomic mass is 10.0. The van der Waals surface area contributed by atoms with Gasteiger partial charge in [0.1, 0.15) is 11.6 Å². The summed E-state index contributed by atoms with van der Waals surface area (Å²) < 4.78 is 58.3. The van der Waals surface area contributed by atoms with Crippen molar-refractivity contribution in [3.05, 3.63) is 76.3 Å². The number of halogens is 5. The summed E-state index contributed by atoms with van der Waals surface area (Å²) in [4.78, 5) is 18.2. The Morgan fingerprint density at radius 2 is 1.83 bits per heavy atom. The van der Waals surface area contributed by atoms with Crippen molar-refractivity contribution in [2.75, 3.05) is 19.1 Å². The summed E-state index contributed by atoms with van der Waals surface area (Å²) in [6.07, 6.45) is -1.71. The average Bonchev–Trinajstić information content (AvgIpc) is 2.71. The number of carbonyl (C=O) groups is 1. The van der Waals surface area contributed by atoms with Crippen LogP contribution in [0.3, 0.4) is 0 Å². The second kappa shape index (κ2) is 8.43. The van der Waals surface area contributed by atoms with Crippen LogP contribution in [0.4, 0.5) is 23.2 Å². The maximum Gasteiger partial charge on any atom is 0.416 e. The Hall–Kier alpha value is -2.94. The number of rotatable bonds is 4. The Morgan fingerprint density at radius 3 is 2.50 bits per heavy atom. The number of amides is 1. The first kappa shape index (κ1) is 21.8. The highest BCUT2D eigenvalue weighted by atomic mass is 79.9. The molecule has 0 radical (unpaired) electrons. The molecule has 0 aliphatic rings. The van der Waals surface area contributed by atoms with Crippen LogP contribution in [0.2, 0.25) is 0 Å². The molecule has 1 aromatic heterocycles. The van der Waals surface area contributed by atoms with Gasteiger partial charge in [-0.25, -0.2) is 4.39 Å². The predicted octanol–water partition coefficient (Wildman–Crippen LogP) is 5.95. The van der Waals surface area contributed by atoms with Gasteiger partial charge >= 0.3 is 6.18 Å². The number of carbonyl (C=O) groups excluding carboxylic acids is 1. The number of hydrogen-bond donors (Lipinski definition) is 0. The van der Waals surface area contributed by atoms with E-state index in [9.17, 15) is 22.4 Å². The molecule has 0 bridgehead atoms. The van der Waals surface area contributed by atoms with Crippen molar-refractivity contribution in [3.8, 4) is 16.9 Å². The third-order valence-electron chi connectivity index (χ3n) is 4.39. The number of aromatic nitrogens is 1. The van der Waals surface area contributed by atoms with Crippen LogP contribution in [0.15, 0.2) is 59.3 Å². The molecule has 0 unspecified atom stereocenters. The highest BCUT2D eigenvalue weighted by molar-refractivity contribution is 9.10. The second-order valence-corrected chi connectivity index (χ2v) is 7.24. The molecule has 0 fully saturated rings. The van der Waals surface area contributed by atoms with Gasteiger partial charge in [0.15, 0.2) is 0 Å². The molecule has 3 rings (SSSR count). The van der Waals surface area contributed by atoms with E-state index in [0.717, 1.165) is 12.1 Å². The normalized spacial score (nSPS) is 11.3. The van der Waals surface area contributed by atoms with Crippen molar-refractivity contribution in [1.29, 1.82) is 0 Å². The predicted molar refractivity (Wildman–Crippen MR) is 108 cm³/mol. The molecule has 9 heteroatoms. The topological polar surface area (TPSA) is 42.4 Å². The van der Waals surface area contributed by atoms with Gasteiger partial charge in [0.25, 0.3) is 5.91 Å². The van der Waals surface area contributed by atoms with Crippen LogP contribution in [0, 0.1) is 5.82 Å². The van der Waals surface area contributed by atoms with E-state index in [-0.39, 0.29) is 15.8 Å². The quantitative estimate of drug-likeness (QED) is 0.431. The van der Waals surface area contributed by atoms with Gasteiger partial charge in [0.2, 0.25) is 0 Å². The van der Waals surface area contributed by atoms with Crippen molar-refractivity contribution in [2.24, 2.45) is 0 Å². The molecular weight excluding hydrogens is 468 g/mol. The Kier molecular flexibility index (Phi) is 6.12. The van der Waals surface area contributed by atoms with Gasteiger partial charge in [-0.05, 0) is 36.4 Å². The molecule has 1 amide bonds. The van der Waals surface area contributed by atoms with Gasteiger partial charge < -0.3 is 9.64 Å². The smallest absolute Gasteiger partial charge is 0.416 e. The van der Waals surface area contributed by atoms with E-state index in [1.165, 1.54) is 55.7 Å². The van der Waals surface area contributed by atoms with E-state index < -0.39 is 23.5 Å². The lowest BCUT2D eigenvalue weighted by Crippen LogP contribution is -2.27. The standard InChI is InChI=1S/C21H15BrF4N2O2/c1-28(20(29)12-7-13(21(24,25)26)9-14(22)8-12)18-11-27-6-5-16(18)17-4-3-15(23)10-19(17)30-2/h3-11H,1-2H3. The van der Waals surface area contributed by atoms with Gasteiger partial charge in [-0.1, -0.05) is 15.9 Å². The lowest BCUT2D eigenvalue weighted by Gasteiger charge is -2.22. The average molecular weight is 483 g/mol. The van der Waals surface area contributed by atoms with Gasteiger partial charge in [-0.15, -0.1) is 0 Å². The largest absolute Gasteiger partial charge is 0.496 e. The maximum atomic E-state index is 13.6. The van der Waals surface area contributed by atoms with Gasteiger partial charge in [-0.2, -0.15) is 13.2 Å². The minimum absolute atomic E-state index is 0.126. The number of alkyl halides is 3. The van der Waals surface area contributed by atoms with Crippen molar-refractivity contribution in [2.45, 2.75) is 6.18 Å². The third-order valence-corrected chi connectivity index (χ3v) is 4.85. The summed E-state index contributed by atoms with van der Waals surface area (Å²) in [5.74, 6) is -0.924. The molecule has 3 aromatic rings. The zero-order chi connectivity index (χ0) is 22.1. The number of hydrogen-bond acceptors (Lipinski definition) is 3. The Labute approximate surface area is 178 Å². The van der Waals surface area contributed by atoms with E-state index in [1.807, 2.05) is 0 Å². The first-order valence-corrected chi connectivity index (χ1v) is 9.35. The molecule has 2 aromatic carbocycles. The summed E-state index contributed by atoms with van der Waals surface area (Å²) in [5, 5.41) is 0. The zero-order valence-electron chi connectivity index (χ0n) is 15.8. The monoisotopic (exact) mass is 482 g/mol. The highest BCUT2D eigenvalue weighted by Gasteiger charge is 2.32. The van der Waals surface area contributed by atoms with Crippen LogP contribution in [0.5, 0.6) is 5.75 Å². The first-order chi connectivity index (χ1) is 14.1. The molecule has 156 valence electrons. The lowest BCUT2D eigenvalue weighted by molar-refractivity contribution is -0.137. The molecule has 0 spiro atoms. The number of anilines is 1. The molecule has 0 saturated heterocycles. The van der Waals surface area contributed by atoms with Crippen molar-refractivity contribution < 1.29 is 27.1 Å². The fraction of sp³-hybridized carbons (Fsp3) is 0.143. The maximum absolute atomic E-state index is 13.6. The summed E-state index contributed by atoms with van der Waals surface area (Å²) in [5.41, 5.74) is 0.228. The van der Waals surface area contributed by atoms with Gasteiger partial charge in [0, 0.05) is 40.5 Å². The summed E-state index contributed by atoms with van der Waals surface area (Å²) in [6, 6.07) is 8.54. The Bertz CT molecular complexity index is 1100. The summed E-state index contributed by atoms with van der Waals surface area (Å²) in [6.45, 7) is 0. The van der Waals surface area contributed by atoms with Gasteiger partial charge in [-0.3, -0.25) is 9.78 Å². The van der Waals surface area contributed by atoms with Crippen molar-refractivity contribution >= 4 is 27.5 Å². The third kappa shape index (κ3) is 4.46. The fourth-order valence-corrected chi connectivity index (χ4v) is 3.44. The molecule has 4 nitrogen and oxygen atoms in total. The molecule has 0 N–H and O–H groups in total. The number of nitrogens with zero attached hydrogens (tertiary/aromatic N) is 2. The van der Waals surface area contributed by atoms with Crippen LogP contribution in [0.1, 0.15) is 15.9 Å². The fourth-order valence-electron chi connectivity index (χ4n) is 2.95. The molecule has 0 saturated carbocycles. The van der Waals surface area contributed by atoms with E-state index in [0.29, 0.717) is 16.8 Å². The van der Waals surface area contributed by atoms with Crippen LogP contribution < -0.4 is 9.64 Å². The highest BCUT2D eigenvalue weighted by Crippen LogP contribution is 2.37. The molecule has 0 aliphatic heterocycles. The van der Waals surface area contributed by atoms with Crippen LogP contribution >= 0.6 is 15.9 Å². The Balaban J connectivity index is 2.07. The van der Waals surface area contributed by atoms with E-state index in [2.05, 4.69) is 20.9 Å².